The maximum absolute atomic E-state index is 9.26. The topological polar surface area (TPSA) is 41.8 Å². The fraction of sp³-hybridized carbons (Fsp3) is 0.870. The van der Waals surface area contributed by atoms with Crippen molar-refractivity contribution < 1.29 is 14.5 Å². The molecule has 0 aromatic rings. The zero-order valence-electron chi connectivity index (χ0n) is 17.9. The monoisotopic (exact) mass is 385 g/mol. The maximum Gasteiger partial charge on any atom is 0.184 e. The lowest BCUT2D eigenvalue weighted by Gasteiger charge is -2.12. The number of ether oxygens (including phenoxy) is 1. The molecule has 0 aromatic carbocycles. The standard InChI is InChI=1S/C23H43NO2.FH/c1-3-4-5-6-7-8-9-10-11-12-13-14-15-16-17-18-19-22-24-23(2,20-25)21-26-22;/h10-11,25H,3-9,12-21H2,1-2H3;1H. The summed E-state index contributed by atoms with van der Waals surface area (Å²) in [5.41, 5.74) is -0.391. The fourth-order valence-electron chi connectivity index (χ4n) is 3.34. The van der Waals surface area contributed by atoms with Gasteiger partial charge in [0.15, 0.2) is 5.90 Å². The van der Waals surface area contributed by atoms with E-state index in [4.69, 9.17) is 4.74 Å². The smallest absolute Gasteiger partial charge is 0.184 e. The Hall–Kier alpha value is -0.900. The largest absolute Gasteiger partial charge is 0.478 e. The van der Waals surface area contributed by atoms with Gasteiger partial charge in [0.2, 0.25) is 0 Å². The summed E-state index contributed by atoms with van der Waals surface area (Å²) < 4.78 is 5.57. The highest BCUT2D eigenvalue weighted by atomic mass is 19.0. The van der Waals surface area contributed by atoms with Crippen molar-refractivity contribution in [3.8, 4) is 0 Å². The highest BCUT2D eigenvalue weighted by Gasteiger charge is 2.30. The number of halogens is 1. The predicted octanol–water partition coefficient (Wildman–Crippen LogP) is 6.75. The van der Waals surface area contributed by atoms with E-state index in [-0.39, 0.29) is 11.3 Å². The molecule has 0 spiro atoms. The lowest BCUT2D eigenvalue weighted by atomic mass is 10.1. The van der Waals surface area contributed by atoms with Crippen LogP contribution in [0.15, 0.2) is 17.1 Å². The van der Waals surface area contributed by atoms with Crippen LogP contribution >= 0.6 is 0 Å². The van der Waals surface area contributed by atoms with Crippen molar-refractivity contribution in [2.75, 3.05) is 13.2 Å². The number of rotatable bonds is 17. The summed E-state index contributed by atoms with van der Waals surface area (Å²) in [6.07, 6.45) is 24.3. The molecule has 0 aliphatic carbocycles. The minimum atomic E-state index is -0.391. The normalized spacial score (nSPS) is 19.1. The molecule has 0 bridgehead atoms. The molecular weight excluding hydrogens is 341 g/mol. The Morgan fingerprint density at radius 3 is 1.93 bits per heavy atom. The number of unbranched alkanes of at least 4 members (excludes halogenated alkanes) is 12. The van der Waals surface area contributed by atoms with E-state index in [0.717, 1.165) is 18.7 Å². The maximum atomic E-state index is 9.26. The van der Waals surface area contributed by atoms with Gasteiger partial charge in [-0.3, -0.25) is 4.70 Å². The number of aliphatic imine (C=N–C) groups is 1. The molecule has 160 valence electrons. The van der Waals surface area contributed by atoms with E-state index >= 15 is 0 Å². The van der Waals surface area contributed by atoms with Crippen molar-refractivity contribution in [2.24, 2.45) is 4.99 Å². The summed E-state index contributed by atoms with van der Waals surface area (Å²) in [7, 11) is 0. The van der Waals surface area contributed by atoms with E-state index in [1.807, 2.05) is 6.92 Å². The number of hydrogen-bond donors (Lipinski definition) is 1. The van der Waals surface area contributed by atoms with Crippen molar-refractivity contribution >= 4 is 5.90 Å². The first-order valence-electron chi connectivity index (χ1n) is 11.2. The minimum Gasteiger partial charge on any atom is -0.478 e. The van der Waals surface area contributed by atoms with Gasteiger partial charge in [0.05, 0.1) is 6.61 Å². The molecule has 0 saturated heterocycles. The van der Waals surface area contributed by atoms with E-state index in [1.54, 1.807) is 0 Å². The third-order valence-corrected chi connectivity index (χ3v) is 5.19. The molecule has 0 aromatic heterocycles. The molecule has 1 heterocycles. The molecule has 3 nitrogen and oxygen atoms in total. The molecule has 4 heteroatoms. The van der Waals surface area contributed by atoms with Gasteiger partial charge in [0.25, 0.3) is 0 Å². The zero-order chi connectivity index (χ0) is 18.9. The molecule has 1 atom stereocenters. The molecule has 1 N–H and O–H groups in total. The van der Waals surface area contributed by atoms with Crippen LogP contribution in [0.25, 0.3) is 0 Å². The summed E-state index contributed by atoms with van der Waals surface area (Å²) in [4.78, 5) is 4.48. The number of nitrogens with zero attached hydrogens (tertiary/aromatic N) is 1. The van der Waals surface area contributed by atoms with Crippen molar-refractivity contribution in [3.63, 3.8) is 0 Å². The SMILES string of the molecule is CCCCCCCCC=CCCCCCCCCC1=NC(C)(CO)CO1.F. The van der Waals surface area contributed by atoms with E-state index in [9.17, 15) is 5.11 Å². The van der Waals surface area contributed by atoms with Crippen LogP contribution in [-0.4, -0.2) is 29.8 Å². The Kier molecular flexibility index (Phi) is 16.6. The van der Waals surface area contributed by atoms with Crippen LogP contribution in [-0.2, 0) is 4.74 Å². The molecule has 27 heavy (non-hydrogen) atoms. The third-order valence-electron chi connectivity index (χ3n) is 5.19. The van der Waals surface area contributed by atoms with Crippen LogP contribution in [0.4, 0.5) is 4.70 Å². The van der Waals surface area contributed by atoms with Crippen LogP contribution < -0.4 is 0 Å². The Morgan fingerprint density at radius 1 is 0.889 bits per heavy atom. The molecule has 0 amide bonds. The first-order chi connectivity index (χ1) is 12.7. The molecule has 0 radical (unpaired) electrons. The Labute approximate surface area is 167 Å². The Bertz CT molecular complexity index is 398. The molecule has 1 unspecified atom stereocenters. The molecule has 1 aliphatic heterocycles. The number of aliphatic hydroxyl groups is 1. The van der Waals surface area contributed by atoms with Crippen LogP contribution in [0.2, 0.25) is 0 Å². The van der Waals surface area contributed by atoms with Gasteiger partial charge < -0.3 is 9.84 Å². The van der Waals surface area contributed by atoms with Gasteiger partial charge >= 0.3 is 0 Å². The highest BCUT2D eigenvalue weighted by Crippen LogP contribution is 2.20. The van der Waals surface area contributed by atoms with Gasteiger partial charge in [0, 0.05) is 6.42 Å². The van der Waals surface area contributed by atoms with Crippen LogP contribution in [0.3, 0.4) is 0 Å². The van der Waals surface area contributed by atoms with Crippen molar-refractivity contribution in [1.82, 2.24) is 0 Å². The minimum absolute atomic E-state index is 0. The first-order valence-corrected chi connectivity index (χ1v) is 11.2. The fourth-order valence-corrected chi connectivity index (χ4v) is 3.34. The van der Waals surface area contributed by atoms with Gasteiger partial charge in [-0.05, 0) is 39.0 Å². The average Bonchev–Trinajstić information content (AvgIpc) is 3.03. The molecular formula is C23H44FNO2. The third kappa shape index (κ3) is 13.8. The van der Waals surface area contributed by atoms with Gasteiger partial charge in [0.1, 0.15) is 12.1 Å². The van der Waals surface area contributed by atoms with E-state index in [1.165, 1.54) is 83.5 Å². The second-order valence-corrected chi connectivity index (χ2v) is 8.14. The van der Waals surface area contributed by atoms with Gasteiger partial charge in [-0.2, -0.15) is 0 Å². The average molecular weight is 386 g/mol. The van der Waals surface area contributed by atoms with Crippen LogP contribution in [0.1, 0.15) is 110 Å². The summed E-state index contributed by atoms with van der Waals surface area (Å²) in [5, 5.41) is 9.26. The Balaban J connectivity index is 0.00000676. The van der Waals surface area contributed by atoms with Gasteiger partial charge in [-0.1, -0.05) is 76.9 Å². The van der Waals surface area contributed by atoms with E-state index in [0.29, 0.717) is 6.61 Å². The second-order valence-electron chi connectivity index (χ2n) is 8.14. The van der Waals surface area contributed by atoms with Crippen molar-refractivity contribution in [3.05, 3.63) is 12.2 Å². The Morgan fingerprint density at radius 2 is 1.41 bits per heavy atom. The zero-order valence-corrected chi connectivity index (χ0v) is 17.9. The molecule has 1 rings (SSSR count). The summed E-state index contributed by atoms with van der Waals surface area (Å²) in [5.74, 6) is 0.844. The highest BCUT2D eigenvalue weighted by molar-refractivity contribution is 5.78. The number of hydrogen-bond acceptors (Lipinski definition) is 3. The summed E-state index contributed by atoms with van der Waals surface area (Å²) in [6.45, 7) is 4.83. The summed E-state index contributed by atoms with van der Waals surface area (Å²) in [6, 6.07) is 0. The predicted molar refractivity (Wildman–Crippen MR) is 115 cm³/mol. The second kappa shape index (κ2) is 17.2. The van der Waals surface area contributed by atoms with Crippen LogP contribution in [0, 0.1) is 0 Å². The van der Waals surface area contributed by atoms with Gasteiger partial charge in [-0.15, -0.1) is 0 Å². The molecule has 1 aliphatic rings. The first kappa shape index (κ1) is 26.1. The number of aliphatic hydroxyl groups excluding tert-OH is 1. The van der Waals surface area contributed by atoms with Crippen LogP contribution in [0.5, 0.6) is 0 Å². The molecule has 0 saturated carbocycles. The van der Waals surface area contributed by atoms with E-state index in [2.05, 4.69) is 24.1 Å². The van der Waals surface area contributed by atoms with Crippen molar-refractivity contribution in [2.45, 2.75) is 116 Å². The lowest BCUT2D eigenvalue weighted by molar-refractivity contribution is 0.169. The quantitative estimate of drug-likeness (QED) is 0.222. The van der Waals surface area contributed by atoms with E-state index < -0.39 is 5.54 Å². The van der Waals surface area contributed by atoms with Gasteiger partial charge in [-0.25, -0.2) is 4.99 Å². The van der Waals surface area contributed by atoms with Crippen molar-refractivity contribution in [1.29, 1.82) is 0 Å². The molecule has 0 fully saturated rings. The lowest BCUT2D eigenvalue weighted by Crippen LogP contribution is -2.28. The summed E-state index contributed by atoms with van der Waals surface area (Å²) >= 11 is 0. The number of allylic oxidation sites excluding steroid dienone is 2.